The van der Waals surface area contributed by atoms with Crippen LogP contribution in [0, 0.1) is 21.8 Å². The van der Waals surface area contributed by atoms with Crippen LogP contribution in [0.4, 0.5) is 10.1 Å². The van der Waals surface area contributed by atoms with Crippen LogP contribution >= 0.6 is 23.2 Å². The molecular weight excluding hydrogens is 460 g/mol. The van der Waals surface area contributed by atoms with E-state index in [0.29, 0.717) is 22.8 Å². The number of nitrogens with one attached hydrogen (secondary N) is 1. The Morgan fingerprint density at radius 1 is 1.28 bits per heavy atom. The van der Waals surface area contributed by atoms with Crippen LogP contribution in [0.2, 0.25) is 10.0 Å². The second-order valence-corrected chi connectivity index (χ2v) is 9.50. The summed E-state index contributed by atoms with van der Waals surface area (Å²) in [6.45, 7) is -0.168. The quantitative estimate of drug-likeness (QED) is 0.502. The lowest BCUT2D eigenvalue weighted by atomic mass is 9.73. The van der Waals surface area contributed by atoms with Gasteiger partial charge in [0, 0.05) is 33.3 Å². The van der Waals surface area contributed by atoms with Crippen LogP contribution in [0.5, 0.6) is 0 Å². The van der Waals surface area contributed by atoms with Crippen LogP contribution in [0.3, 0.4) is 0 Å². The van der Waals surface area contributed by atoms with Gasteiger partial charge in [0.2, 0.25) is 6.04 Å². The van der Waals surface area contributed by atoms with E-state index in [0.717, 1.165) is 12.8 Å². The molecule has 0 radical (unpaired) electrons. The zero-order valence-electron chi connectivity index (χ0n) is 16.8. The van der Waals surface area contributed by atoms with Crippen molar-refractivity contribution in [1.82, 2.24) is 4.90 Å². The first-order chi connectivity index (χ1) is 15.3. The van der Waals surface area contributed by atoms with Gasteiger partial charge in [-0.1, -0.05) is 41.4 Å². The monoisotopic (exact) mass is 479 g/mol. The Labute approximate surface area is 193 Å². The number of fused-ring (bicyclic) bond motifs is 2. The summed E-state index contributed by atoms with van der Waals surface area (Å²) in [6.07, 6.45) is 1.86. The largest absolute Gasteiger partial charge is 0.394 e. The molecule has 2 fully saturated rings. The fourth-order valence-corrected chi connectivity index (χ4v) is 5.83. The van der Waals surface area contributed by atoms with Gasteiger partial charge in [-0.2, -0.15) is 0 Å². The molecule has 7 nitrogen and oxygen atoms in total. The van der Waals surface area contributed by atoms with Crippen LogP contribution in [-0.2, 0) is 10.3 Å². The van der Waals surface area contributed by atoms with Crippen molar-refractivity contribution in [3.63, 3.8) is 0 Å². The van der Waals surface area contributed by atoms with Gasteiger partial charge in [0.15, 0.2) is 0 Å². The van der Waals surface area contributed by atoms with E-state index in [9.17, 15) is 20.0 Å². The molecule has 3 aliphatic rings. The summed E-state index contributed by atoms with van der Waals surface area (Å²) in [5.74, 6) is -2.26. The summed E-state index contributed by atoms with van der Waals surface area (Å²) < 4.78 is 15.3. The minimum atomic E-state index is -1.58. The highest BCUT2D eigenvalue weighted by molar-refractivity contribution is 6.31. The number of aliphatic hydroxyl groups excluding tert-OH is 1. The fourth-order valence-electron chi connectivity index (χ4n) is 5.48. The third kappa shape index (κ3) is 2.97. The SMILES string of the molecule is O=C1Nc2cc(Cl)ccc2[C@]12C(c1cccc(Cl)c1F)[C@@H]([N+](=O)[O-])[C@@H](CO)N2CC1CC1. The summed E-state index contributed by atoms with van der Waals surface area (Å²) in [6, 6.07) is 6.73. The first kappa shape index (κ1) is 21.6. The minimum Gasteiger partial charge on any atom is -0.394 e. The normalized spacial score (nSPS) is 29.4. The molecule has 0 bridgehead atoms. The molecule has 2 aliphatic heterocycles. The Bertz CT molecular complexity index is 1130. The molecule has 1 amide bonds. The standard InChI is InChI=1S/C22H20Cl2FN3O4/c23-12-6-7-14-16(8-12)26-21(30)22(14)18(13-2-1-3-15(24)19(13)25)20(28(31)32)17(10-29)27(22)9-11-4-5-11/h1-3,6-8,11,17-18,20,29H,4-5,9-10H2,(H,26,30)/t17-,18?,20+,22+/m1/s1. The summed E-state index contributed by atoms with van der Waals surface area (Å²) in [5.41, 5.74) is -0.691. The van der Waals surface area contributed by atoms with Gasteiger partial charge in [-0.05, 0) is 37.0 Å². The molecule has 1 saturated carbocycles. The minimum absolute atomic E-state index is 0.0195. The van der Waals surface area contributed by atoms with Crippen molar-refractivity contribution in [3.8, 4) is 0 Å². The molecule has 168 valence electrons. The van der Waals surface area contributed by atoms with Crippen LogP contribution in [0.15, 0.2) is 36.4 Å². The maximum Gasteiger partial charge on any atom is 0.250 e. The highest BCUT2D eigenvalue weighted by atomic mass is 35.5. The summed E-state index contributed by atoms with van der Waals surface area (Å²) in [5, 5.41) is 25.7. The van der Waals surface area contributed by atoms with E-state index >= 15 is 4.39 Å². The van der Waals surface area contributed by atoms with Gasteiger partial charge in [-0.3, -0.25) is 19.8 Å². The van der Waals surface area contributed by atoms with Crippen molar-refractivity contribution in [1.29, 1.82) is 0 Å². The number of halogens is 3. The highest BCUT2D eigenvalue weighted by Gasteiger charge is 2.71. The third-order valence-corrected chi connectivity index (χ3v) is 7.45. The molecule has 2 heterocycles. The molecule has 2 N–H and O–H groups in total. The zero-order chi connectivity index (χ0) is 22.8. The second kappa shape index (κ2) is 7.66. The van der Waals surface area contributed by atoms with Gasteiger partial charge >= 0.3 is 0 Å². The van der Waals surface area contributed by atoms with Crippen molar-refractivity contribution in [2.45, 2.75) is 36.4 Å². The molecule has 1 spiro atoms. The molecule has 1 saturated heterocycles. The van der Waals surface area contributed by atoms with Crippen LogP contribution in [0.1, 0.15) is 29.9 Å². The number of likely N-dealkylation sites (tertiary alicyclic amines) is 1. The molecule has 5 rings (SSSR count). The van der Waals surface area contributed by atoms with E-state index in [1.165, 1.54) is 18.2 Å². The smallest absolute Gasteiger partial charge is 0.250 e. The summed E-state index contributed by atoms with van der Waals surface area (Å²) in [7, 11) is 0. The molecule has 2 aromatic rings. The predicted molar refractivity (Wildman–Crippen MR) is 117 cm³/mol. The molecule has 1 unspecified atom stereocenters. The predicted octanol–water partition coefficient (Wildman–Crippen LogP) is 3.80. The number of anilines is 1. The number of nitrogens with zero attached hydrogens (tertiary/aromatic N) is 2. The van der Waals surface area contributed by atoms with Crippen LogP contribution in [-0.4, -0.2) is 46.1 Å². The van der Waals surface area contributed by atoms with Crippen molar-refractivity contribution >= 4 is 34.8 Å². The topological polar surface area (TPSA) is 95.7 Å². The summed E-state index contributed by atoms with van der Waals surface area (Å²) >= 11 is 12.2. The van der Waals surface area contributed by atoms with E-state index in [-0.39, 0.29) is 16.5 Å². The number of hydrogen-bond acceptors (Lipinski definition) is 5. The summed E-state index contributed by atoms with van der Waals surface area (Å²) in [4.78, 5) is 27.3. The van der Waals surface area contributed by atoms with Crippen molar-refractivity contribution < 1.29 is 19.2 Å². The van der Waals surface area contributed by atoms with Crippen LogP contribution < -0.4 is 5.32 Å². The van der Waals surface area contributed by atoms with Crippen molar-refractivity contribution in [2.75, 3.05) is 18.5 Å². The van der Waals surface area contributed by atoms with Crippen molar-refractivity contribution in [3.05, 3.63) is 73.5 Å². The van der Waals surface area contributed by atoms with E-state index in [2.05, 4.69) is 5.32 Å². The number of aliphatic hydroxyl groups is 1. The zero-order valence-corrected chi connectivity index (χ0v) is 18.3. The molecule has 32 heavy (non-hydrogen) atoms. The van der Waals surface area contributed by atoms with Crippen molar-refractivity contribution in [2.24, 2.45) is 5.92 Å². The highest BCUT2D eigenvalue weighted by Crippen LogP contribution is 2.59. The molecule has 2 aromatic carbocycles. The number of nitro groups is 1. The second-order valence-electron chi connectivity index (χ2n) is 8.65. The first-order valence-corrected chi connectivity index (χ1v) is 11.1. The molecular formula is C22H20Cl2FN3O4. The number of benzene rings is 2. The average molecular weight is 480 g/mol. The lowest BCUT2D eigenvalue weighted by molar-refractivity contribution is -0.528. The lowest BCUT2D eigenvalue weighted by Crippen LogP contribution is -2.53. The van der Waals surface area contributed by atoms with Gasteiger partial charge in [0.1, 0.15) is 17.4 Å². The Morgan fingerprint density at radius 2 is 2.03 bits per heavy atom. The molecule has 1 aliphatic carbocycles. The van der Waals surface area contributed by atoms with Gasteiger partial charge in [-0.15, -0.1) is 0 Å². The average Bonchev–Trinajstić information content (AvgIpc) is 3.45. The fraction of sp³-hybridized carbons (Fsp3) is 0.409. The van der Waals surface area contributed by atoms with E-state index in [1.54, 1.807) is 23.1 Å². The van der Waals surface area contributed by atoms with Gasteiger partial charge in [0.25, 0.3) is 5.91 Å². The lowest BCUT2D eigenvalue weighted by Gasteiger charge is -2.38. The van der Waals surface area contributed by atoms with Gasteiger partial charge < -0.3 is 10.4 Å². The Kier molecular flexibility index (Phi) is 5.16. The Hall–Kier alpha value is -2.26. The number of carbonyl (C=O) groups is 1. The Balaban J connectivity index is 1.83. The van der Waals surface area contributed by atoms with Crippen LogP contribution in [0.25, 0.3) is 0 Å². The van der Waals surface area contributed by atoms with Gasteiger partial charge in [-0.25, -0.2) is 4.39 Å². The maximum atomic E-state index is 15.3. The number of hydrogen-bond donors (Lipinski definition) is 2. The van der Waals surface area contributed by atoms with E-state index in [1.807, 2.05) is 0 Å². The first-order valence-electron chi connectivity index (χ1n) is 10.4. The number of amides is 1. The third-order valence-electron chi connectivity index (χ3n) is 6.92. The number of rotatable bonds is 5. The maximum absolute atomic E-state index is 15.3. The van der Waals surface area contributed by atoms with E-state index in [4.69, 9.17) is 23.2 Å². The molecule has 4 atom stereocenters. The number of carbonyl (C=O) groups excluding carboxylic acids is 1. The molecule has 10 heteroatoms. The molecule has 0 aromatic heterocycles. The van der Waals surface area contributed by atoms with E-state index < -0.39 is 46.8 Å². The van der Waals surface area contributed by atoms with Gasteiger partial charge in [0.05, 0.1) is 17.5 Å². The Morgan fingerprint density at radius 3 is 2.69 bits per heavy atom.